The van der Waals surface area contributed by atoms with Gasteiger partial charge in [0.15, 0.2) is 0 Å². The summed E-state index contributed by atoms with van der Waals surface area (Å²) in [5, 5.41) is 3.03. The van der Waals surface area contributed by atoms with E-state index in [9.17, 15) is 4.79 Å². The first kappa shape index (κ1) is 16.2. The molecule has 1 aromatic rings. The summed E-state index contributed by atoms with van der Waals surface area (Å²) in [7, 11) is 0. The number of rotatable bonds is 9. The fourth-order valence-electron chi connectivity index (χ4n) is 2.04. The molecule has 0 fully saturated rings. The predicted octanol–water partition coefficient (Wildman–Crippen LogP) is 3.01. The number of nitrogens with two attached hydrogens (primary N) is 1. The van der Waals surface area contributed by atoms with Gasteiger partial charge in [0.2, 0.25) is 5.91 Å². The lowest BCUT2D eigenvalue weighted by molar-refractivity contribution is -0.121. The lowest BCUT2D eigenvalue weighted by Crippen LogP contribution is -2.40. The Kier molecular flexibility index (Phi) is 7.75. The molecule has 1 unspecified atom stereocenters. The first-order valence-electron chi connectivity index (χ1n) is 7.20. The SMILES string of the molecule is CCCCC(CN)NC(=O)CCCc1ccc(C)s1. The van der Waals surface area contributed by atoms with Crippen molar-refractivity contribution >= 4 is 17.2 Å². The summed E-state index contributed by atoms with van der Waals surface area (Å²) in [5.74, 6) is 0.139. The minimum atomic E-state index is 0.139. The van der Waals surface area contributed by atoms with E-state index in [0.29, 0.717) is 13.0 Å². The van der Waals surface area contributed by atoms with Crippen molar-refractivity contribution in [3.8, 4) is 0 Å². The van der Waals surface area contributed by atoms with Gasteiger partial charge in [-0.15, -0.1) is 11.3 Å². The van der Waals surface area contributed by atoms with E-state index in [-0.39, 0.29) is 11.9 Å². The van der Waals surface area contributed by atoms with Gasteiger partial charge in [-0.25, -0.2) is 0 Å². The molecule has 0 radical (unpaired) electrons. The van der Waals surface area contributed by atoms with Crippen LogP contribution in [0, 0.1) is 6.92 Å². The molecule has 0 saturated carbocycles. The highest BCUT2D eigenvalue weighted by atomic mass is 32.1. The van der Waals surface area contributed by atoms with Gasteiger partial charge in [0.25, 0.3) is 0 Å². The number of hydrogen-bond acceptors (Lipinski definition) is 3. The Labute approximate surface area is 120 Å². The van der Waals surface area contributed by atoms with E-state index in [1.165, 1.54) is 9.75 Å². The molecule has 0 bridgehead atoms. The Bertz CT molecular complexity index is 376. The monoisotopic (exact) mass is 282 g/mol. The maximum absolute atomic E-state index is 11.8. The van der Waals surface area contributed by atoms with Crippen LogP contribution in [0.5, 0.6) is 0 Å². The van der Waals surface area contributed by atoms with Crippen LogP contribution in [0.4, 0.5) is 0 Å². The van der Waals surface area contributed by atoms with Gasteiger partial charge in [-0.2, -0.15) is 0 Å². The number of unbranched alkanes of at least 4 members (excludes halogenated alkanes) is 1. The van der Waals surface area contributed by atoms with Gasteiger partial charge in [-0.05, 0) is 38.3 Å². The van der Waals surface area contributed by atoms with Crippen LogP contribution in [-0.4, -0.2) is 18.5 Å². The second kappa shape index (κ2) is 9.10. The van der Waals surface area contributed by atoms with Crippen LogP contribution in [0.2, 0.25) is 0 Å². The van der Waals surface area contributed by atoms with Crippen LogP contribution < -0.4 is 11.1 Å². The zero-order valence-electron chi connectivity index (χ0n) is 12.1. The van der Waals surface area contributed by atoms with Crippen molar-refractivity contribution < 1.29 is 4.79 Å². The molecule has 3 N–H and O–H groups in total. The molecule has 0 saturated heterocycles. The van der Waals surface area contributed by atoms with Gasteiger partial charge in [0.1, 0.15) is 0 Å². The fraction of sp³-hybridized carbons (Fsp3) is 0.667. The molecule has 0 aliphatic rings. The molecule has 0 aromatic carbocycles. The molecule has 1 amide bonds. The van der Waals surface area contributed by atoms with Gasteiger partial charge in [0, 0.05) is 28.8 Å². The summed E-state index contributed by atoms with van der Waals surface area (Å²) in [4.78, 5) is 14.5. The number of nitrogens with one attached hydrogen (secondary N) is 1. The molecule has 19 heavy (non-hydrogen) atoms. The molecule has 1 heterocycles. The fourth-order valence-corrected chi connectivity index (χ4v) is 2.97. The van der Waals surface area contributed by atoms with Crippen molar-refractivity contribution in [2.45, 2.75) is 58.4 Å². The third-order valence-corrected chi connectivity index (χ3v) is 4.24. The molecule has 108 valence electrons. The maximum atomic E-state index is 11.8. The highest BCUT2D eigenvalue weighted by Crippen LogP contribution is 2.17. The number of thiophene rings is 1. The van der Waals surface area contributed by atoms with Crippen molar-refractivity contribution in [1.82, 2.24) is 5.32 Å². The zero-order chi connectivity index (χ0) is 14.1. The molecule has 0 aliphatic heterocycles. The highest BCUT2D eigenvalue weighted by Gasteiger charge is 2.10. The van der Waals surface area contributed by atoms with Crippen LogP contribution >= 0.6 is 11.3 Å². The molecule has 4 heteroatoms. The molecule has 1 rings (SSSR count). The molecule has 1 aromatic heterocycles. The standard InChI is InChI=1S/C15H26N2OS/c1-3-4-6-13(11-16)17-15(18)8-5-7-14-10-9-12(2)19-14/h9-10,13H,3-8,11,16H2,1-2H3,(H,17,18). The third kappa shape index (κ3) is 6.73. The van der Waals surface area contributed by atoms with Crippen LogP contribution in [0.15, 0.2) is 12.1 Å². The van der Waals surface area contributed by atoms with Gasteiger partial charge in [-0.1, -0.05) is 19.8 Å². The minimum absolute atomic E-state index is 0.139. The lowest BCUT2D eigenvalue weighted by Gasteiger charge is -2.16. The van der Waals surface area contributed by atoms with Crippen molar-refractivity contribution in [3.63, 3.8) is 0 Å². The second-order valence-electron chi connectivity index (χ2n) is 5.01. The predicted molar refractivity (Wildman–Crippen MR) is 82.5 cm³/mol. The molecule has 1 atom stereocenters. The summed E-state index contributed by atoms with van der Waals surface area (Å²) in [6.07, 6.45) is 5.76. The molecular weight excluding hydrogens is 256 g/mol. The third-order valence-electron chi connectivity index (χ3n) is 3.18. The number of carbonyl (C=O) groups is 1. The topological polar surface area (TPSA) is 55.1 Å². The van der Waals surface area contributed by atoms with Crippen molar-refractivity contribution in [1.29, 1.82) is 0 Å². The molecule has 0 spiro atoms. The van der Waals surface area contributed by atoms with Gasteiger partial charge >= 0.3 is 0 Å². The van der Waals surface area contributed by atoms with Crippen molar-refractivity contribution in [2.24, 2.45) is 5.73 Å². The number of carbonyl (C=O) groups excluding carboxylic acids is 1. The molecular formula is C15H26N2OS. The first-order valence-corrected chi connectivity index (χ1v) is 8.02. The summed E-state index contributed by atoms with van der Waals surface area (Å²) in [5.41, 5.74) is 5.67. The number of aryl methyl sites for hydroxylation is 2. The number of hydrogen-bond donors (Lipinski definition) is 2. The van der Waals surface area contributed by atoms with E-state index >= 15 is 0 Å². The molecule has 3 nitrogen and oxygen atoms in total. The Balaban J connectivity index is 2.19. The van der Waals surface area contributed by atoms with E-state index in [0.717, 1.165) is 32.1 Å². The van der Waals surface area contributed by atoms with E-state index in [1.54, 1.807) is 0 Å². The normalized spacial score (nSPS) is 12.4. The van der Waals surface area contributed by atoms with Crippen LogP contribution in [-0.2, 0) is 11.2 Å². The average molecular weight is 282 g/mol. The zero-order valence-corrected chi connectivity index (χ0v) is 12.9. The highest BCUT2D eigenvalue weighted by molar-refractivity contribution is 7.11. The second-order valence-corrected chi connectivity index (χ2v) is 6.38. The number of amides is 1. The van der Waals surface area contributed by atoms with Gasteiger partial charge in [0.05, 0.1) is 0 Å². The average Bonchev–Trinajstić information content (AvgIpc) is 2.80. The van der Waals surface area contributed by atoms with Crippen LogP contribution in [0.1, 0.15) is 48.8 Å². The summed E-state index contributed by atoms with van der Waals surface area (Å²) >= 11 is 1.82. The van der Waals surface area contributed by atoms with E-state index in [4.69, 9.17) is 5.73 Å². The summed E-state index contributed by atoms with van der Waals surface area (Å²) in [6.45, 7) is 4.80. The molecule has 0 aliphatic carbocycles. The van der Waals surface area contributed by atoms with Crippen LogP contribution in [0.25, 0.3) is 0 Å². The van der Waals surface area contributed by atoms with Crippen molar-refractivity contribution in [3.05, 3.63) is 21.9 Å². The largest absolute Gasteiger partial charge is 0.352 e. The Morgan fingerprint density at radius 1 is 1.42 bits per heavy atom. The van der Waals surface area contributed by atoms with E-state index < -0.39 is 0 Å². The van der Waals surface area contributed by atoms with E-state index in [2.05, 4.69) is 31.3 Å². The summed E-state index contributed by atoms with van der Waals surface area (Å²) < 4.78 is 0. The first-order chi connectivity index (χ1) is 9.15. The van der Waals surface area contributed by atoms with Gasteiger partial charge < -0.3 is 11.1 Å². The van der Waals surface area contributed by atoms with E-state index in [1.807, 2.05) is 11.3 Å². The van der Waals surface area contributed by atoms with Gasteiger partial charge in [-0.3, -0.25) is 4.79 Å². The Morgan fingerprint density at radius 3 is 2.79 bits per heavy atom. The minimum Gasteiger partial charge on any atom is -0.352 e. The van der Waals surface area contributed by atoms with Crippen LogP contribution in [0.3, 0.4) is 0 Å². The van der Waals surface area contributed by atoms with Crippen molar-refractivity contribution in [2.75, 3.05) is 6.54 Å². The Morgan fingerprint density at radius 2 is 2.21 bits per heavy atom. The Hall–Kier alpha value is -0.870. The maximum Gasteiger partial charge on any atom is 0.220 e. The quantitative estimate of drug-likeness (QED) is 0.731. The lowest BCUT2D eigenvalue weighted by atomic mass is 10.1. The smallest absolute Gasteiger partial charge is 0.220 e. The summed E-state index contributed by atoms with van der Waals surface area (Å²) in [6, 6.07) is 4.44.